The number of nitrogens with one attached hydrogen (secondary N) is 1. The molecule has 0 spiro atoms. The van der Waals surface area contributed by atoms with E-state index in [2.05, 4.69) is 19.2 Å². The minimum absolute atomic E-state index is 0.0521. The first-order valence-corrected chi connectivity index (χ1v) is 3.70. The van der Waals surface area contributed by atoms with E-state index >= 15 is 0 Å². The Balaban J connectivity index is 3.98. The molecule has 0 aliphatic heterocycles. The second kappa shape index (κ2) is 3.46. The maximum absolute atomic E-state index is 8.39. The molecule has 2 nitrogen and oxygen atoms in total. The van der Waals surface area contributed by atoms with Crippen LogP contribution in [-0.4, -0.2) is 5.54 Å². The molecule has 0 radical (unpaired) electrons. The van der Waals surface area contributed by atoms with Gasteiger partial charge in [0.05, 0.1) is 0 Å². The molecule has 0 saturated heterocycles. The zero-order valence-electron chi connectivity index (χ0n) is 7.23. The third-order valence-corrected chi connectivity index (χ3v) is 2.22. The molecule has 0 rings (SSSR count). The molecular formula is C8H16N2. The van der Waals surface area contributed by atoms with E-state index < -0.39 is 0 Å². The van der Waals surface area contributed by atoms with Crippen molar-refractivity contribution >= 4 is 0 Å². The Hall–Kier alpha value is -0.710. The first-order valence-electron chi connectivity index (χ1n) is 3.70. The van der Waals surface area contributed by atoms with Crippen molar-refractivity contribution in [3.63, 3.8) is 0 Å². The molecule has 0 aromatic carbocycles. The van der Waals surface area contributed by atoms with Crippen LogP contribution < -0.4 is 5.32 Å². The van der Waals surface area contributed by atoms with Crippen molar-refractivity contribution in [1.29, 1.82) is 5.26 Å². The molecule has 0 fully saturated rings. The Labute approximate surface area is 63.2 Å². The molecule has 1 unspecified atom stereocenters. The fourth-order valence-electron chi connectivity index (χ4n) is 0.778. The normalized spacial score (nSPS) is 13.9. The van der Waals surface area contributed by atoms with E-state index in [0.717, 1.165) is 6.42 Å². The van der Waals surface area contributed by atoms with Gasteiger partial charge in [-0.3, -0.25) is 0 Å². The highest BCUT2D eigenvalue weighted by atomic mass is 15.0. The molecule has 0 amide bonds. The molecule has 10 heavy (non-hydrogen) atoms. The highest BCUT2D eigenvalue weighted by Gasteiger charge is 2.22. The Kier molecular flexibility index (Phi) is 3.21. The topological polar surface area (TPSA) is 35.8 Å². The Morgan fingerprint density at radius 1 is 1.60 bits per heavy atom. The van der Waals surface area contributed by atoms with Gasteiger partial charge in [-0.1, -0.05) is 20.3 Å². The van der Waals surface area contributed by atoms with E-state index in [1.807, 2.05) is 20.0 Å². The Morgan fingerprint density at radius 2 is 2.10 bits per heavy atom. The molecule has 0 aliphatic rings. The fraction of sp³-hybridized carbons (Fsp3) is 0.875. The molecule has 1 atom stereocenters. The van der Waals surface area contributed by atoms with Gasteiger partial charge in [0.25, 0.3) is 0 Å². The molecule has 0 saturated carbocycles. The highest BCUT2D eigenvalue weighted by molar-refractivity contribution is 4.88. The number of nitrogens with zero attached hydrogens (tertiary/aromatic N) is 1. The van der Waals surface area contributed by atoms with Crippen LogP contribution in [0.4, 0.5) is 0 Å². The summed E-state index contributed by atoms with van der Waals surface area (Å²) in [4.78, 5) is 0. The van der Waals surface area contributed by atoms with Crippen LogP contribution in [0.2, 0.25) is 0 Å². The third kappa shape index (κ3) is 2.26. The van der Waals surface area contributed by atoms with Crippen molar-refractivity contribution in [2.24, 2.45) is 5.92 Å². The van der Waals surface area contributed by atoms with Crippen LogP contribution in [0.15, 0.2) is 0 Å². The van der Waals surface area contributed by atoms with E-state index in [4.69, 9.17) is 5.26 Å². The molecule has 2 heteroatoms. The highest BCUT2D eigenvalue weighted by Crippen LogP contribution is 2.18. The smallest absolute Gasteiger partial charge is 0.177 e. The summed E-state index contributed by atoms with van der Waals surface area (Å²) in [6.07, 6.45) is 3.07. The van der Waals surface area contributed by atoms with Crippen LogP contribution in [0.5, 0.6) is 0 Å². The van der Waals surface area contributed by atoms with E-state index in [1.54, 1.807) is 0 Å². The summed E-state index contributed by atoms with van der Waals surface area (Å²) >= 11 is 0. The van der Waals surface area contributed by atoms with Gasteiger partial charge in [-0.15, -0.1) is 0 Å². The van der Waals surface area contributed by atoms with Gasteiger partial charge < -0.3 is 5.32 Å². The van der Waals surface area contributed by atoms with Gasteiger partial charge in [0.2, 0.25) is 0 Å². The summed E-state index contributed by atoms with van der Waals surface area (Å²) in [7, 11) is 0. The van der Waals surface area contributed by atoms with Gasteiger partial charge in [-0.05, 0) is 19.8 Å². The van der Waals surface area contributed by atoms with Gasteiger partial charge in [0.1, 0.15) is 0 Å². The number of nitriles is 1. The van der Waals surface area contributed by atoms with E-state index in [-0.39, 0.29) is 5.54 Å². The average Bonchev–Trinajstić information content (AvgIpc) is 1.86. The van der Waals surface area contributed by atoms with E-state index in [1.165, 1.54) is 0 Å². The van der Waals surface area contributed by atoms with Crippen molar-refractivity contribution in [3.05, 3.63) is 0 Å². The van der Waals surface area contributed by atoms with Crippen LogP contribution in [0.3, 0.4) is 0 Å². The summed E-state index contributed by atoms with van der Waals surface area (Å²) in [6, 6.07) is 0. The van der Waals surface area contributed by atoms with Gasteiger partial charge >= 0.3 is 0 Å². The SMILES string of the molecule is CCC(C)C(C)(C)NC#N. The Bertz CT molecular complexity index is 133. The largest absolute Gasteiger partial charge is 0.318 e. The first kappa shape index (κ1) is 9.29. The monoisotopic (exact) mass is 140 g/mol. The lowest BCUT2D eigenvalue weighted by Gasteiger charge is -2.29. The quantitative estimate of drug-likeness (QED) is 0.480. The molecule has 0 bridgehead atoms. The molecule has 0 aromatic rings. The second-order valence-electron chi connectivity index (χ2n) is 3.27. The van der Waals surface area contributed by atoms with Crippen molar-refractivity contribution in [2.75, 3.05) is 0 Å². The minimum Gasteiger partial charge on any atom is -0.318 e. The zero-order chi connectivity index (χ0) is 8.20. The van der Waals surface area contributed by atoms with Crippen molar-refractivity contribution < 1.29 is 0 Å². The number of hydrogen-bond donors (Lipinski definition) is 1. The van der Waals surface area contributed by atoms with Crippen molar-refractivity contribution in [3.8, 4) is 6.19 Å². The van der Waals surface area contributed by atoms with Gasteiger partial charge in [0.15, 0.2) is 6.19 Å². The minimum atomic E-state index is -0.0521. The molecule has 1 N–H and O–H groups in total. The fourth-order valence-corrected chi connectivity index (χ4v) is 0.778. The molecule has 0 aliphatic carbocycles. The lowest BCUT2D eigenvalue weighted by atomic mass is 9.87. The average molecular weight is 140 g/mol. The maximum Gasteiger partial charge on any atom is 0.177 e. The van der Waals surface area contributed by atoms with E-state index in [9.17, 15) is 0 Å². The summed E-state index contributed by atoms with van der Waals surface area (Å²) in [5, 5.41) is 11.2. The van der Waals surface area contributed by atoms with Gasteiger partial charge in [-0.25, -0.2) is 0 Å². The summed E-state index contributed by atoms with van der Waals surface area (Å²) in [5.41, 5.74) is -0.0521. The molecular weight excluding hydrogens is 124 g/mol. The van der Waals surface area contributed by atoms with Gasteiger partial charge in [0, 0.05) is 5.54 Å². The Morgan fingerprint density at radius 3 is 2.40 bits per heavy atom. The lowest BCUT2D eigenvalue weighted by molar-refractivity contribution is 0.297. The van der Waals surface area contributed by atoms with Crippen LogP contribution in [0, 0.1) is 17.4 Å². The summed E-state index contributed by atoms with van der Waals surface area (Å²) in [5.74, 6) is 0.534. The number of hydrogen-bond acceptors (Lipinski definition) is 2. The van der Waals surface area contributed by atoms with Crippen molar-refractivity contribution in [1.82, 2.24) is 5.32 Å². The van der Waals surface area contributed by atoms with Gasteiger partial charge in [-0.2, -0.15) is 5.26 Å². The zero-order valence-corrected chi connectivity index (χ0v) is 7.23. The van der Waals surface area contributed by atoms with E-state index in [0.29, 0.717) is 5.92 Å². The summed E-state index contributed by atoms with van der Waals surface area (Å²) in [6.45, 7) is 8.37. The third-order valence-electron chi connectivity index (χ3n) is 2.22. The van der Waals surface area contributed by atoms with Crippen LogP contribution in [0.25, 0.3) is 0 Å². The summed E-state index contributed by atoms with van der Waals surface area (Å²) < 4.78 is 0. The van der Waals surface area contributed by atoms with Crippen molar-refractivity contribution in [2.45, 2.75) is 39.7 Å². The number of rotatable bonds is 3. The maximum atomic E-state index is 8.39. The molecule has 0 heterocycles. The first-order chi connectivity index (χ1) is 4.54. The standard InChI is InChI=1S/C8H16N2/c1-5-7(2)8(3,4)10-6-9/h7,10H,5H2,1-4H3. The predicted molar refractivity (Wildman–Crippen MR) is 42.3 cm³/mol. The molecule has 0 aromatic heterocycles. The van der Waals surface area contributed by atoms with Crippen LogP contribution in [-0.2, 0) is 0 Å². The lowest BCUT2D eigenvalue weighted by Crippen LogP contribution is -2.41. The predicted octanol–water partition coefficient (Wildman–Crippen LogP) is 1.88. The second-order valence-corrected chi connectivity index (χ2v) is 3.27. The molecule has 58 valence electrons. The van der Waals surface area contributed by atoms with Crippen LogP contribution in [0.1, 0.15) is 34.1 Å². The van der Waals surface area contributed by atoms with Crippen LogP contribution >= 0.6 is 0 Å².